The molecule has 0 aliphatic carbocycles. The number of nitrogens with one attached hydrogen (secondary N) is 1. The van der Waals surface area contributed by atoms with Gasteiger partial charge in [-0.2, -0.15) is 0 Å². The molecule has 0 heterocycles. The maximum Gasteiger partial charge on any atom is 0.156 e. The van der Waals surface area contributed by atoms with E-state index >= 15 is 0 Å². The summed E-state index contributed by atoms with van der Waals surface area (Å²) in [6, 6.07) is 9.66. The number of hydrogen-bond donors (Lipinski definition) is 1. The summed E-state index contributed by atoms with van der Waals surface area (Å²) in [5.41, 5.74) is 0.949. The Bertz CT molecular complexity index is 448. The van der Waals surface area contributed by atoms with E-state index in [1.54, 1.807) is 0 Å². The zero-order valence-corrected chi connectivity index (χ0v) is 12.9. The zero-order chi connectivity index (χ0) is 14.1. The van der Waals surface area contributed by atoms with Crippen LogP contribution in [0.15, 0.2) is 30.3 Å². The lowest BCUT2D eigenvalue weighted by atomic mass is 10.2. The van der Waals surface area contributed by atoms with E-state index in [0.717, 1.165) is 18.5 Å². The van der Waals surface area contributed by atoms with E-state index in [4.69, 9.17) is 11.6 Å². The van der Waals surface area contributed by atoms with Crippen LogP contribution in [0.2, 0.25) is 0 Å². The van der Waals surface area contributed by atoms with Gasteiger partial charge in [0.1, 0.15) is 0 Å². The van der Waals surface area contributed by atoms with E-state index in [1.807, 2.05) is 30.3 Å². The molecule has 1 aromatic rings. The highest BCUT2D eigenvalue weighted by Gasteiger charge is 2.24. The second-order valence-corrected chi connectivity index (χ2v) is 7.35. The molecule has 1 N–H and O–H groups in total. The summed E-state index contributed by atoms with van der Waals surface area (Å²) in [6.45, 7) is 2.51. The molecule has 0 saturated carbocycles. The molecule has 19 heavy (non-hydrogen) atoms. The van der Waals surface area contributed by atoms with Gasteiger partial charge in [0.15, 0.2) is 9.84 Å². The molecule has 1 aromatic carbocycles. The standard InChI is InChI=1S/C14H22ClNO2S/c1-2-3-9-14(19(17,18)11-10-15)12-16-13-7-5-4-6-8-13/h4-8,14,16H,2-3,9-12H2,1H3. The first-order valence-electron chi connectivity index (χ1n) is 6.66. The van der Waals surface area contributed by atoms with Crippen molar-refractivity contribution >= 4 is 27.1 Å². The number of benzene rings is 1. The average molecular weight is 304 g/mol. The summed E-state index contributed by atoms with van der Waals surface area (Å²) in [6.07, 6.45) is 2.61. The van der Waals surface area contributed by atoms with E-state index in [2.05, 4.69) is 12.2 Å². The molecule has 0 radical (unpaired) electrons. The highest BCUT2D eigenvalue weighted by Crippen LogP contribution is 2.14. The molecule has 0 fully saturated rings. The monoisotopic (exact) mass is 303 g/mol. The quantitative estimate of drug-likeness (QED) is 0.712. The number of rotatable bonds is 9. The average Bonchev–Trinajstić information content (AvgIpc) is 2.39. The zero-order valence-electron chi connectivity index (χ0n) is 11.3. The Hall–Kier alpha value is -0.740. The van der Waals surface area contributed by atoms with Crippen LogP contribution in [0.5, 0.6) is 0 Å². The molecular weight excluding hydrogens is 282 g/mol. The van der Waals surface area contributed by atoms with Gasteiger partial charge in [0.05, 0.1) is 11.0 Å². The van der Waals surface area contributed by atoms with Crippen LogP contribution in [0, 0.1) is 0 Å². The minimum Gasteiger partial charge on any atom is -0.384 e. The Morgan fingerprint density at radius 1 is 1.26 bits per heavy atom. The van der Waals surface area contributed by atoms with Crippen molar-refractivity contribution in [1.29, 1.82) is 0 Å². The summed E-state index contributed by atoms with van der Waals surface area (Å²) in [5.74, 6) is 0.218. The minimum absolute atomic E-state index is 0.0550. The van der Waals surface area contributed by atoms with Crippen molar-refractivity contribution in [2.75, 3.05) is 23.5 Å². The molecule has 0 aromatic heterocycles. The number of halogens is 1. The van der Waals surface area contributed by atoms with Gasteiger partial charge in [-0.3, -0.25) is 0 Å². The Morgan fingerprint density at radius 3 is 2.53 bits per heavy atom. The molecule has 0 spiro atoms. The lowest BCUT2D eigenvalue weighted by Crippen LogP contribution is -2.31. The SMILES string of the molecule is CCCCC(CNc1ccccc1)S(=O)(=O)CCCl. The van der Waals surface area contributed by atoms with Crippen LogP contribution in [0.4, 0.5) is 5.69 Å². The molecule has 0 aliphatic heterocycles. The first kappa shape index (κ1) is 16.3. The lowest BCUT2D eigenvalue weighted by molar-refractivity contribution is 0.568. The number of sulfone groups is 1. The van der Waals surface area contributed by atoms with Gasteiger partial charge in [0, 0.05) is 18.1 Å². The van der Waals surface area contributed by atoms with E-state index in [1.165, 1.54) is 0 Å². The molecule has 0 amide bonds. The third-order valence-corrected chi connectivity index (χ3v) is 5.66. The van der Waals surface area contributed by atoms with Crippen molar-refractivity contribution in [2.24, 2.45) is 0 Å². The Kier molecular flexibility index (Phi) is 7.24. The van der Waals surface area contributed by atoms with Crippen molar-refractivity contribution in [3.63, 3.8) is 0 Å². The molecule has 5 heteroatoms. The smallest absolute Gasteiger partial charge is 0.156 e. The molecule has 1 unspecified atom stereocenters. The van der Waals surface area contributed by atoms with Gasteiger partial charge >= 0.3 is 0 Å². The minimum atomic E-state index is -3.11. The van der Waals surface area contributed by atoms with Crippen LogP contribution in [-0.4, -0.2) is 31.8 Å². The topological polar surface area (TPSA) is 46.2 Å². The maximum absolute atomic E-state index is 12.1. The first-order chi connectivity index (χ1) is 9.10. The molecule has 108 valence electrons. The summed E-state index contributed by atoms with van der Waals surface area (Å²) < 4.78 is 24.3. The number of para-hydroxylation sites is 1. The Labute approximate surface area is 121 Å². The second kappa shape index (κ2) is 8.43. The van der Waals surface area contributed by atoms with Crippen LogP contribution in [-0.2, 0) is 9.84 Å². The predicted octanol–water partition coefficient (Wildman–Crippen LogP) is 3.31. The number of anilines is 1. The molecule has 0 bridgehead atoms. The van der Waals surface area contributed by atoms with Gasteiger partial charge in [-0.15, -0.1) is 11.6 Å². The van der Waals surface area contributed by atoms with E-state index in [9.17, 15) is 8.42 Å². The summed E-state index contributed by atoms with van der Waals surface area (Å²) in [4.78, 5) is 0. The van der Waals surface area contributed by atoms with Crippen molar-refractivity contribution in [2.45, 2.75) is 31.4 Å². The van der Waals surface area contributed by atoms with Crippen LogP contribution in [0.1, 0.15) is 26.2 Å². The van der Waals surface area contributed by atoms with Crippen molar-refractivity contribution < 1.29 is 8.42 Å². The Balaban J connectivity index is 2.64. The normalized spacial score (nSPS) is 13.2. The third kappa shape index (κ3) is 5.83. The van der Waals surface area contributed by atoms with Crippen molar-refractivity contribution in [3.05, 3.63) is 30.3 Å². The lowest BCUT2D eigenvalue weighted by Gasteiger charge is -2.18. The molecule has 0 aliphatic rings. The third-order valence-electron chi connectivity index (χ3n) is 3.06. The second-order valence-electron chi connectivity index (χ2n) is 4.57. The number of unbranched alkanes of at least 4 members (excludes halogenated alkanes) is 1. The first-order valence-corrected chi connectivity index (χ1v) is 8.91. The van der Waals surface area contributed by atoms with Gasteiger partial charge in [0.2, 0.25) is 0 Å². The van der Waals surface area contributed by atoms with E-state index < -0.39 is 9.84 Å². The van der Waals surface area contributed by atoms with Gasteiger partial charge in [-0.05, 0) is 18.6 Å². The van der Waals surface area contributed by atoms with Gasteiger partial charge in [-0.25, -0.2) is 8.42 Å². The maximum atomic E-state index is 12.1. The number of alkyl halides is 1. The van der Waals surface area contributed by atoms with Crippen LogP contribution in [0.25, 0.3) is 0 Å². The van der Waals surface area contributed by atoms with Crippen LogP contribution >= 0.6 is 11.6 Å². The van der Waals surface area contributed by atoms with Crippen LogP contribution < -0.4 is 5.32 Å². The fourth-order valence-electron chi connectivity index (χ4n) is 1.90. The van der Waals surface area contributed by atoms with Crippen molar-refractivity contribution in [1.82, 2.24) is 0 Å². The summed E-state index contributed by atoms with van der Waals surface area (Å²) >= 11 is 5.58. The highest BCUT2D eigenvalue weighted by atomic mass is 35.5. The summed E-state index contributed by atoms with van der Waals surface area (Å²) in [5, 5.41) is 2.84. The molecule has 1 atom stereocenters. The fourth-order valence-corrected chi connectivity index (χ4v) is 3.96. The summed E-state index contributed by atoms with van der Waals surface area (Å²) in [7, 11) is -3.11. The number of hydrogen-bond acceptors (Lipinski definition) is 3. The van der Waals surface area contributed by atoms with Gasteiger partial charge < -0.3 is 5.32 Å². The molecule has 1 rings (SSSR count). The predicted molar refractivity (Wildman–Crippen MR) is 82.8 cm³/mol. The fraction of sp³-hybridized carbons (Fsp3) is 0.571. The largest absolute Gasteiger partial charge is 0.384 e. The molecule has 0 saturated heterocycles. The Morgan fingerprint density at radius 2 is 1.95 bits per heavy atom. The highest BCUT2D eigenvalue weighted by molar-refractivity contribution is 7.92. The van der Waals surface area contributed by atoms with Gasteiger partial charge in [0.25, 0.3) is 0 Å². The van der Waals surface area contributed by atoms with Gasteiger partial charge in [-0.1, -0.05) is 38.0 Å². The van der Waals surface area contributed by atoms with Crippen molar-refractivity contribution in [3.8, 4) is 0 Å². The van der Waals surface area contributed by atoms with Crippen LogP contribution in [0.3, 0.4) is 0 Å². The van der Waals surface area contributed by atoms with E-state index in [-0.39, 0.29) is 16.9 Å². The molecular formula is C14H22ClNO2S. The molecule has 3 nitrogen and oxygen atoms in total. The van der Waals surface area contributed by atoms with E-state index in [0.29, 0.717) is 13.0 Å².